The van der Waals surface area contributed by atoms with E-state index >= 15 is 0 Å². The first-order valence-electron chi connectivity index (χ1n) is 6.58. The van der Waals surface area contributed by atoms with Crippen LogP contribution in [0.15, 0.2) is 24.8 Å². The lowest BCUT2D eigenvalue weighted by Gasteiger charge is -2.03. The smallest absolute Gasteiger partial charge is 0.255 e. The van der Waals surface area contributed by atoms with E-state index in [4.69, 9.17) is 5.73 Å². The molecule has 0 fully saturated rings. The molecule has 3 N–H and O–H groups in total. The second-order valence-corrected chi connectivity index (χ2v) is 4.42. The van der Waals surface area contributed by atoms with Crippen molar-refractivity contribution >= 4 is 11.4 Å². The fourth-order valence-electron chi connectivity index (χ4n) is 1.93. The van der Waals surface area contributed by atoms with E-state index in [2.05, 4.69) is 15.4 Å². The fourth-order valence-corrected chi connectivity index (χ4v) is 1.93. The number of hydrogen-bond acceptors (Lipinski definition) is 4. The Kier molecular flexibility index (Phi) is 4.85. The maximum Gasteiger partial charge on any atom is 0.255 e. The summed E-state index contributed by atoms with van der Waals surface area (Å²) < 4.78 is 1.64. The predicted molar refractivity (Wildman–Crippen MR) is 72.8 cm³/mol. The molecule has 0 bridgehead atoms. The molecule has 0 aromatic carbocycles. The molecular weight excluding hydrogens is 242 g/mol. The largest absolute Gasteiger partial charge is 0.352 e. The Bertz CT molecular complexity index is 537. The van der Waals surface area contributed by atoms with Crippen LogP contribution in [-0.2, 0) is 0 Å². The van der Waals surface area contributed by atoms with Gasteiger partial charge in [0.2, 0.25) is 0 Å². The molecule has 0 radical (unpaired) electrons. The average Bonchev–Trinajstić information content (AvgIpc) is 2.86. The van der Waals surface area contributed by atoms with Crippen molar-refractivity contribution in [1.29, 1.82) is 0 Å². The molecule has 0 unspecified atom stereocenters. The van der Waals surface area contributed by atoms with Gasteiger partial charge >= 0.3 is 0 Å². The summed E-state index contributed by atoms with van der Waals surface area (Å²) in [6.45, 7) is 1.42. The highest BCUT2D eigenvalue weighted by Crippen LogP contribution is 2.08. The van der Waals surface area contributed by atoms with Crippen molar-refractivity contribution in [2.75, 3.05) is 13.1 Å². The van der Waals surface area contributed by atoms with Gasteiger partial charge in [-0.05, 0) is 19.4 Å². The summed E-state index contributed by atoms with van der Waals surface area (Å²) in [6, 6.07) is 0. The number of fused-ring (bicyclic) bond motifs is 1. The third-order valence-corrected chi connectivity index (χ3v) is 2.99. The van der Waals surface area contributed by atoms with Crippen LogP contribution in [-0.4, -0.2) is 33.6 Å². The first-order chi connectivity index (χ1) is 9.33. The quantitative estimate of drug-likeness (QED) is 0.727. The van der Waals surface area contributed by atoms with Crippen molar-refractivity contribution in [2.45, 2.75) is 25.7 Å². The van der Waals surface area contributed by atoms with Crippen LogP contribution >= 0.6 is 0 Å². The fraction of sp³-hybridized carbons (Fsp3) is 0.462. The van der Waals surface area contributed by atoms with Crippen LogP contribution in [0.3, 0.4) is 0 Å². The van der Waals surface area contributed by atoms with Crippen molar-refractivity contribution in [1.82, 2.24) is 19.9 Å². The minimum atomic E-state index is -0.0955. The van der Waals surface area contributed by atoms with E-state index < -0.39 is 0 Å². The Labute approximate surface area is 112 Å². The number of nitrogens with one attached hydrogen (secondary N) is 1. The molecule has 0 aliphatic carbocycles. The van der Waals surface area contributed by atoms with Crippen LogP contribution < -0.4 is 11.1 Å². The summed E-state index contributed by atoms with van der Waals surface area (Å²) in [7, 11) is 0. The van der Waals surface area contributed by atoms with Crippen LogP contribution in [0.4, 0.5) is 0 Å². The summed E-state index contributed by atoms with van der Waals surface area (Å²) in [5, 5.41) is 7.01. The summed E-state index contributed by atoms with van der Waals surface area (Å²) >= 11 is 0. The van der Waals surface area contributed by atoms with E-state index in [0.29, 0.717) is 12.1 Å². The van der Waals surface area contributed by atoms with E-state index in [1.807, 2.05) is 0 Å². The van der Waals surface area contributed by atoms with Crippen LogP contribution in [0.25, 0.3) is 5.52 Å². The van der Waals surface area contributed by atoms with Gasteiger partial charge in [-0.25, -0.2) is 4.52 Å². The number of nitrogens with zero attached hydrogens (tertiary/aromatic N) is 3. The molecule has 2 rings (SSSR count). The Hall–Kier alpha value is -1.95. The number of amides is 1. The molecule has 6 heteroatoms. The van der Waals surface area contributed by atoms with Crippen molar-refractivity contribution in [3.8, 4) is 0 Å². The molecule has 2 aromatic rings. The van der Waals surface area contributed by atoms with Gasteiger partial charge in [0, 0.05) is 18.9 Å². The normalized spacial score (nSPS) is 10.8. The number of aromatic nitrogens is 3. The average molecular weight is 261 g/mol. The van der Waals surface area contributed by atoms with Gasteiger partial charge < -0.3 is 11.1 Å². The third kappa shape index (κ3) is 3.51. The Morgan fingerprint density at radius 3 is 2.95 bits per heavy atom. The molecule has 0 aliphatic heterocycles. The minimum absolute atomic E-state index is 0.0955. The highest BCUT2D eigenvalue weighted by atomic mass is 16.1. The molecule has 0 spiro atoms. The molecule has 2 aromatic heterocycles. The molecule has 19 heavy (non-hydrogen) atoms. The Balaban J connectivity index is 1.83. The molecule has 1 amide bonds. The maximum atomic E-state index is 12.0. The summed E-state index contributed by atoms with van der Waals surface area (Å²) in [5.41, 5.74) is 6.71. The lowest BCUT2D eigenvalue weighted by Crippen LogP contribution is -2.24. The second-order valence-electron chi connectivity index (χ2n) is 4.42. The SMILES string of the molecule is NCCCCCCNC(=O)c1cnn2ccncc12. The molecule has 0 aliphatic rings. The highest BCUT2D eigenvalue weighted by molar-refractivity contribution is 6.00. The van der Waals surface area contributed by atoms with Crippen molar-refractivity contribution in [2.24, 2.45) is 5.73 Å². The Morgan fingerprint density at radius 1 is 1.26 bits per heavy atom. The lowest BCUT2D eigenvalue weighted by molar-refractivity contribution is 0.0954. The predicted octanol–water partition coefficient (Wildman–Crippen LogP) is 0.978. The van der Waals surface area contributed by atoms with E-state index in [0.717, 1.165) is 37.7 Å². The van der Waals surface area contributed by atoms with Gasteiger partial charge in [-0.1, -0.05) is 12.8 Å². The van der Waals surface area contributed by atoms with Crippen molar-refractivity contribution in [3.63, 3.8) is 0 Å². The second kappa shape index (κ2) is 6.84. The van der Waals surface area contributed by atoms with Gasteiger partial charge in [-0.15, -0.1) is 0 Å². The number of hydrogen-bond donors (Lipinski definition) is 2. The van der Waals surface area contributed by atoms with Crippen LogP contribution in [0.1, 0.15) is 36.0 Å². The molecule has 102 valence electrons. The zero-order chi connectivity index (χ0) is 13.5. The monoisotopic (exact) mass is 261 g/mol. The highest BCUT2D eigenvalue weighted by Gasteiger charge is 2.11. The molecule has 6 nitrogen and oxygen atoms in total. The van der Waals surface area contributed by atoms with Gasteiger partial charge in [0.1, 0.15) is 0 Å². The molecule has 0 saturated heterocycles. The van der Waals surface area contributed by atoms with Crippen LogP contribution in [0, 0.1) is 0 Å². The molecule has 2 heterocycles. The zero-order valence-electron chi connectivity index (χ0n) is 10.9. The summed E-state index contributed by atoms with van der Waals surface area (Å²) in [4.78, 5) is 16.0. The van der Waals surface area contributed by atoms with Gasteiger partial charge in [0.25, 0.3) is 5.91 Å². The van der Waals surface area contributed by atoms with Gasteiger partial charge in [-0.2, -0.15) is 5.10 Å². The minimum Gasteiger partial charge on any atom is -0.352 e. The number of carbonyl (C=O) groups excluding carboxylic acids is 1. The standard InChI is InChI=1S/C13H19N5O/c14-5-3-1-2-4-6-16-13(19)11-9-17-18-8-7-15-10-12(11)18/h7-10H,1-6,14H2,(H,16,19). The topological polar surface area (TPSA) is 85.3 Å². The van der Waals surface area contributed by atoms with Gasteiger partial charge in [0.15, 0.2) is 0 Å². The number of nitrogens with two attached hydrogens (primary N) is 1. The van der Waals surface area contributed by atoms with Crippen molar-refractivity contribution in [3.05, 3.63) is 30.4 Å². The van der Waals surface area contributed by atoms with E-state index in [1.54, 1.807) is 29.3 Å². The van der Waals surface area contributed by atoms with Crippen molar-refractivity contribution < 1.29 is 4.79 Å². The molecule has 0 atom stereocenters. The lowest BCUT2D eigenvalue weighted by atomic mass is 10.2. The van der Waals surface area contributed by atoms with Crippen LogP contribution in [0.2, 0.25) is 0 Å². The first kappa shape index (κ1) is 13.5. The van der Waals surface area contributed by atoms with Crippen LogP contribution in [0.5, 0.6) is 0 Å². The van der Waals surface area contributed by atoms with E-state index in [-0.39, 0.29) is 5.91 Å². The summed E-state index contributed by atoms with van der Waals surface area (Å²) in [6.07, 6.45) is 10.8. The van der Waals surface area contributed by atoms with E-state index in [1.165, 1.54) is 0 Å². The number of carbonyl (C=O) groups is 1. The zero-order valence-corrected chi connectivity index (χ0v) is 10.9. The Morgan fingerprint density at radius 2 is 2.11 bits per heavy atom. The molecule has 0 saturated carbocycles. The third-order valence-electron chi connectivity index (χ3n) is 2.99. The maximum absolute atomic E-state index is 12.0. The van der Waals surface area contributed by atoms with Gasteiger partial charge in [-0.3, -0.25) is 9.78 Å². The number of unbranched alkanes of at least 4 members (excludes halogenated alkanes) is 3. The first-order valence-corrected chi connectivity index (χ1v) is 6.58. The van der Waals surface area contributed by atoms with Gasteiger partial charge in [0.05, 0.1) is 23.5 Å². The number of rotatable bonds is 7. The van der Waals surface area contributed by atoms with E-state index in [9.17, 15) is 4.79 Å². The summed E-state index contributed by atoms with van der Waals surface area (Å²) in [5.74, 6) is -0.0955. The molecular formula is C13H19N5O.